The molecule has 3 rings (SSSR count). The van der Waals surface area contributed by atoms with Crippen LogP contribution in [-0.2, 0) is 6.18 Å². The van der Waals surface area contributed by atoms with E-state index in [0.29, 0.717) is 22.9 Å². The van der Waals surface area contributed by atoms with E-state index < -0.39 is 17.6 Å². The molecule has 0 spiro atoms. The van der Waals surface area contributed by atoms with Gasteiger partial charge in [-0.3, -0.25) is 0 Å². The number of aromatic amines is 1. The number of H-pyrrole nitrogens is 1. The first-order valence-electron chi connectivity index (χ1n) is 6.05. The first-order valence-corrected chi connectivity index (χ1v) is 6.05. The summed E-state index contributed by atoms with van der Waals surface area (Å²) in [5, 5.41) is 0. The lowest BCUT2D eigenvalue weighted by atomic mass is 10.1. The zero-order valence-corrected chi connectivity index (χ0v) is 10.8. The molecule has 0 bridgehead atoms. The second-order valence-corrected chi connectivity index (χ2v) is 4.60. The summed E-state index contributed by atoms with van der Waals surface area (Å²) in [5.41, 5.74) is 0.420. The molecule has 2 heterocycles. The van der Waals surface area contributed by atoms with Gasteiger partial charge in [0.05, 0.1) is 16.6 Å². The van der Waals surface area contributed by atoms with Crippen LogP contribution in [0.5, 0.6) is 0 Å². The lowest BCUT2D eigenvalue weighted by molar-refractivity contribution is -0.137. The fourth-order valence-corrected chi connectivity index (χ4v) is 2.00. The molecule has 0 saturated heterocycles. The van der Waals surface area contributed by atoms with Crippen molar-refractivity contribution in [3.05, 3.63) is 47.4 Å². The van der Waals surface area contributed by atoms with Gasteiger partial charge in [0.15, 0.2) is 5.65 Å². The molecule has 3 aromatic rings. The van der Waals surface area contributed by atoms with Gasteiger partial charge in [-0.2, -0.15) is 13.2 Å². The maximum atomic E-state index is 13.8. The van der Waals surface area contributed by atoms with Crippen LogP contribution in [0, 0.1) is 12.7 Å². The second kappa shape index (κ2) is 4.54. The van der Waals surface area contributed by atoms with Gasteiger partial charge < -0.3 is 4.98 Å². The fraction of sp³-hybridized carbons (Fsp3) is 0.143. The predicted molar refractivity (Wildman–Crippen MR) is 69.0 cm³/mol. The lowest BCUT2D eigenvalue weighted by Crippen LogP contribution is -2.05. The number of halogens is 4. The minimum Gasteiger partial charge on any atom is -0.336 e. The minimum absolute atomic E-state index is 0.0201. The quantitative estimate of drug-likeness (QED) is 0.687. The fourth-order valence-electron chi connectivity index (χ4n) is 2.00. The van der Waals surface area contributed by atoms with E-state index >= 15 is 0 Å². The Morgan fingerprint density at radius 3 is 2.52 bits per heavy atom. The summed E-state index contributed by atoms with van der Waals surface area (Å²) in [5.74, 6) is -0.759. The molecule has 0 saturated carbocycles. The van der Waals surface area contributed by atoms with E-state index in [1.807, 2.05) is 0 Å². The summed E-state index contributed by atoms with van der Waals surface area (Å²) in [6, 6.07) is 5.64. The molecule has 0 unspecified atom stereocenters. The zero-order valence-electron chi connectivity index (χ0n) is 10.8. The second-order valence-electron chi connectivity index (χ2n) is 4.60. The van der Waals surface area contributed by atoms with Crippen LogP contribution >= 0.6 is 0 Å². The largest absolute Gasteiger partial charge is 0.416 e. The van der Waals surface area contributed by atoms with E-state index in [9.17, 15) is 17.6 Å². The van der Waals surface area contributed by atoms with E-state index in [1.54, 1.807) is 19.1 Å². The zero-order chi connectivity index (χ0) is 15.2. The van der Waals surface area contributed by atoms with Crippen molar-refractivity contribution in [2.45, 2.75) is 13.1 Å². The van der Waals surface area contributed by atoms with E-state index in [4.69, 9.17) is 0 Å². The highest BCUT2D eigenvalue weighted by molar-refractivity contribution is 5.76. The van der Waals surface area contributed by atoms with Crippen molar-refractivity contribution in [1.82, 2.24) is 15.0 Å². The molecule has 0 aliphatic carbocycles. The molecule has 1 aromatic carbocycles. The molecule has 1 N–H and O–H groups in total. The van der Waals surface area contributed by atoms with Crippen LogP contribution in [0.4, 0.5) is 17.6 Å². The van der Waals surface area contributed by atoms with Crippen molar-refractivity contribution in [2.75, 3.05) is 0 Å². The Bertz CT molecular complexity index is 821. The highest BCUT2D eigenvalue weighted by atomic mass is 19.4. The van der Waals surface area contributed by atoms with Crippen LogP contribution in [0.25, 0.3) is 22.6 Å². The highest BCUT2D eigenvalue weighted by Crippen LogP contribution is 2.33. The monoisotopic (exact) mass is 295 g/mol. The third-order valence-corrected chi connectivity index (χ3v) is 3.03. The minimum atomic E-state index is -4.54. The number of hydrogen-bond donors (Lipinski definition) is 1. The number of aryl methyl sites for hydroxylation is 1. The maximum Gasteiger partial charge on any atom is 0.416 e. The molecule has 2 aromatic heterocycles. The third-order valence-electron chi connectivity index (χ3n) is 3.03. The number of alkyl halides is 3. The SMILES string of the molecule is Cc1ccc2[nH]c(-c3cc(C(F)(F)F)ccc3F)nc2n1. The first kappa shape index (κ1) is 13.5. The summed E-state index contributed by atoms with van der Waals surface area (Å²) in [4.78, 5) is 11.0. The Morgan fingerprint density at radius 1 is 1.05 bits per heavy atom. The molecule has 0 amide bonds. The van der Waals surface area contributed by atoms with Crippen LogP contribution in [0.15, 0.2) is 30.3 Å². The first-order chi connectivity index (χ1) is 9.84. The van der Waals surface area contributed by atoms with Gasteiger partial charge in [0.25, 0.3) is 0 Å². The van der Waals surface area contributed by atoms with Crippen LogP contribution < -0.4 is 0 Å². The van der Waals surface area contributed by atoms with Crippen molar-refractivity contribution >= 4 is 11.2 Å². The van der Waals surface area contributed by atoms with Gasteiger partial charge in [0.2, 0.25) is 0 Å². The van der Waals surface area contributed by atoms with Crippen LogP contribution in [0.3, 0.4) is 0 Å². The normalized spacial score (nSPS) is 12.0. The molecule has 108 valence electrons. The van der Waals surface area contributed by atoms with Crippen LogP contribution in [0.2, 0.25) is 0 Å². The van der Waals surface area contributed by atoms with Gasteiger partial charge in [-0.1, -0.05) is 0 Å². The molecule has 7 heteroatoms. The van der Waals surface area contributed by atoms with E-state index in [2.05, 4.69) is 15.0 Å². The van der Waals surface area contributed by atoms with E-state index in [1.165, 1.54) is 0 Å². The molecule has 21 heavy (non-hydrogen) atoms. The van der Waals surface area contributed by atoms with Crippen molar-refractivity contribution < 1.29 is 17.6 Å². The van der Waals surface area contributed by atoms with Crippen molar-refractivity contribution in [1.29, 1.82) is 0 Å². The third kappa shape index (κ3) is 2.46. The number of fused-ring (bicyclic) bond motifs is 1. The number of rotatable bonds is 1. The summed E-state index contributed by atoms with van der Waals surface area (Å²) in [6.07, 6.45) is -4.54. The number of nitrogens with zero attached hydrogens (tertiary/aromatic N) is 2. The molecular formula is C14H9F4N3. The Hall–Kier alpha value is -2.44. The summed E-state index contributed by atoms with van der Waals surface area (Å²) in [7, 11) is 0. The summed E-state index contributed by atoms with van der Waals surface area (Å²) < 4.78 is 51.9. The predicted octanol–water partition coefficient (Wildman–Crippen LogP) is 4.09. The molecule has 0 fully saturated rings. The summed E-state index contributed by atoms with van der Waals surface area (Å²) >= 11 is 0. The number of hydrogen-bond acceptors (Lipinski definition) is 2. The maximum absolute atomic E-state index is 13.8. The van der Waals surface area contributed by atoms with Crippen LogP contribution in [0.1, 0.15) is 11.3 Å². The lowest BCUT2D eigenvalue weighted by Gasteiger charge is -2.08. The number of benzene rings is 1. The molecule has 0 aliphatic rings. The Morgan fingerprint density at radius 2 is 1.81 bits per heavy atom. The average Bonchev–Trinajstić information content (AvgIpc) is 2.80. The van der Waals surface area contributed by atoms with Crippen molar-refractivity contribution in [2.24, 2.45) is 0 Å². The Balaban J connectivity index is 2.17. The van der Waals surface area contributed by atoms with Gasteiger partial charge in [-0.25, -0.2) is 14.4 Å². The van der Waals surface area contributed by atoms with Gasteiger partial charge in [0.1, 0.15) is 11.6 Å². The molecule has 0 aliphatic heterocycles. The van der Waals surface area contributed by atoms with E-state index in [0.717, 1.165) is 12.1 Å². The molecule has 0 radical (unpaired) electrons. The van der Waals surface area contributed by atoms with Crippen molar-refractivity contribution in [3.8, 4) is 11.4 Å². The number of aromatic nitrogens is 3. The van der Waals surface area contributed by atoms with Gasteiger partial charge in [-0.05, 0) is 37.3 Å². The van der Waals surface area contributed by atoms with Crippen LogP contribution in [-0.4, -0.2) is 15.0 Å². The van der Waals surface area contributed by atoms with E-state index in [-0.39, 0.29) is 11.4 Å². The number of imidazole rings is 1. The van der Waals surface area contributed by atoms with Gasteiger partial charge in [0, 0.05) is 5.69 Å². The van der Waals surface area contributed by atoms with Crippen molar-refractivity contribution in [3.63, 3.8) is 0 Å². The Labute approximate surface area is 116 Å². The number of nitrogens with one attached hydrogen (secondary N) is 1. The molecular weight excluding hydrogens is 286 g/mol. The number of pyridine rings is 1. The standard InChI is InChI=1S/C14H9F4N3/c1-7-2-5-11-13(19-7)21-12(20-11)9-6-8(14(16,17)18)3-4-10(9)15/h2-6H,1H3,(H,19,20,21). The van der Waals surface area contributed by atoms with Gasteiger partial charge in [-0.15, -0.1) is 0 Å². The van der Waals surface area contributed by atoms with Gasteiger partial charge >= 0.3 is 6.18 Å². The topological polar surface area (TPSA) is 41.6 Å². The smallest absolute Gasteiger partial charge is 0.336 e. The highest BCUT2D eigenvalue weighted by Gasteiger charge is 2.31. The average molecular weight is 295 g/mol. The molecule has 0 atom stereocenters. The Kier molecular flexibility index (Phi) is 2.93. The molecule has 3 nitrogen and oxygen atoms in total. The summed E-state index contributed by atoms with van der Waals surface area (Å²) in [6.45, 7) is 1.76.